The van der Waals surface area contributed by atoms with E-state index >= 15 is 0 Å². The minimum absolute atomic E-state index is 0.0135. The molecule has 7 heteroatoms. The van der Waals surface area contributed by atoms with Gasteiger partial charge in [0.25, 0.3) is 0 Å². The second-order valence-electron chi connectivity index (χ2n) is 4.88. The number of rotatable bonds is 5. The Morgan fingerprint density at radius 3 is 2.70 bits per heavy atom. The lowest BCUT2D eigenvalue weighted by atomic mass is 10.4. The van der Waals surface area contributed by atoms with E-state index in [1.165, 1.54) is 11.3 Å². The highest BCUT2D eigenvalue weighted by atomic mass is 32.1. The zero-order valence-electron chi connectivity index (χ0n) is 12.0. The second kappa shape index (κ2) is 6.21. The number of ether oxygens (including phenoxy) is 1. The summed E-state index contributed by atoms with van der Waals surface area (Å²) in [4.78, 5) is 31.3. The second-order valence-corrected chi connectivity index (χ2v) is 5.83. The highest BCUT2D eigenvalue weighted by molar-refractivity contribution is 7.09. The van der Waals surface area contributed by atoms with Gasteiger partial charge >= 0.3 is 12.0 Å². The monoisotopic (exact) mass is 297 g/mol. The Kier molecular flexibility index (Phi) is 4.59. The van der Waals surface area contributed by atoms with Gasteiger partial charge in [-0.1, -0.05) is 0 Å². The molecule has 0 saturated heterocycles. The predicted molar refractivity (Wildman–Crippen MR) is 75.7 cm³/mol. The first-order valence-corrected chi connectivity index (χ1v) is 7.50. The summed E-state index contributed by atoms with van der Waals surface area (Å²) in [5.74, 6) is -0.410. The zero-order valence-corrected chi connectivity index (χ0v) is 12.8. The molecule has 0 unspecified atom stereocenters. The lowest BCUT2D eigenvalue weighted by Crippen LogP contribution is -2.40. The lowest BCUT2D eigenvalue weighted by Gasteiger charge is -2.25. The topological polar surface area (TPSA) is 62.7 Å². The third kappa shape index (κ3) is 3.47. The third-order valence-corrected chi connectivity index (χ3v) is 3.79. The van der Waals surface area contributed by atoms with Gasteiger partial charge in [-0.3, -0.25) is 0 Å². The summed E-state index contributed by atoms with van der Waals surface area (Å²) in [6, 6.07) is 0.292. The number of urea groups is 1. The molecule has 1 aliphatic rings. The van der Waals surface area contributed by atoms with Gasteiger partial charge in [-0.05, 0) is 19.8 Å². The Hall–Kier alpha value is -1.63. The van der Waals surface area contributed by atoms with Gasteiger partial charge in [0.05, 0.1) is 13.2 Å². The van der Waals surface area contributed by atoms with E-state index in [1.807, 2.05) is 4.90 Å². The van der Waals surface area contributed by atoms with Crippen LogP contribution in [0.15, 0.2) is 5.38 Å². The van der Waals surface area contributed by atoms with Crippen LogP contribution in [0.2, 0.25) is 0 Å². The lowest BCUT2D eigenvalue weighted by molar-refractivity contribution is 0.0520. The number of nitrogens with zero attached hydrogens (tertiary/aromatic N) is 3. The van der Waals surface area contributed by atoms with E-state index in [1.54, 1.807) is 31.3 Å². The van der Waals surface area contributed by atoms with E-state index in [-0.39, 0.29) is 6.03 Å². The fourth-order valence-corrected chi connectivity index (χ4v) is 2.59. The van der Waals surface area contributed by atoms with Crippen molar-refractivity contribution in [3.05, 3.63) is 16.1 Å². The predicted octanol–water partition coefficient (Wildman–Crippen LogP) is 1.97. The quantitative estimate of drug-likeness (QED) is 0.779. The van der Waals surface area contributed by atoms with Crippen molar-refractivity contribution in [3.63, 3.8) is 0 Å². The van der Waals surface area contributed by atoms with Crippen LogP contribution in [-0.2, 0) is 11.3 Å². The first kappa shape index (κ1) is 14.8. The molecule has 0 spiro atoms. The van der Waals surface area contributed by atoms with Crippen LogP contribution in [0.1, 0.15) is 35.3 Å². The normalized spacial score (nSPS) is 13.9. The Labute approximate surface area is 122 Å². The fraction of sp³-hybridized carbons (Fsp3) is 0.615. The molecule has 2 amide bonds. The van der Waals surface area contributed by atoms with Gasteiger partial charge in [0.2, 0.25) is 0 Å². The van der Waals surface area contributed by atoms with Gasteiger partial charge in [-0.25, -0.2) is 14.6 Å². The summed E-state index contributed by atoms with van der Waals surface area (Å²) in [7, 11) is 3.48. The van der Waals surface area contributed by atoms with E-state index in [0.29, 0.717) is 24.9 Å². The highest BCUT2D eigenvalue weighted by Crippen LogP contribution is 2.29. The molecule has 1 fully saturated rings. The molecule has 0 aliphatic heterocycles. The molecule has 1 aromatic heterocycles. The average molecular weight is 297 g/mol. The third-order valence-electron chi connectivity index (χ3n) is 2.96. The van der Waals surface area contributed by atoms with Crippen LogP contribution in [0.3, 0.4) is 0 Å². The van der Waals surface area contributed by atoms with E-state index in [0.717, 1.165) is 17.8 Å². The van der Waals surface area contributed by atoms with Crippen LogP contribution >= 0.6 is 11.3 Å². The largest absolute Gasteiger partial charge is 0.461 e. The molecule has 1 heterocycles. The van der Waals surface area contributed by atoms with Gasteiger partial charge in [0, 0.05) is 25.5 Å². The summed E-state index contributed by atoms with van der Waals surface area (Å²) in [6.45, 7) is 2.54. The number of thiazole rings is 1. The standard InChI is InChI=1S/C13H19N3O3S/c1-4-19-12(17)10-8-20-11(14-10)7-16(9-5-6-9)13(18)15(2)3/h8-9H,4-7H2,1-3H3. The summed E-state index contributed by atoms with van der Waals surface area (Å²) in [6.07, 6.45) is 2.07. The van der Waals surface area contributed by atoms with Crippen LogP contribution in [0.4, 0.5) is 4.79 Å². The minimum Gasteiger partial charge on any atom is -0.461 e. The molecule has 2 rings (SSSR count). The summed E-state index contributed by atoms with van der Waals surface area (Å²) in [5, 5.41) is 2.44. The minimum atomic E-state index is -0.410. The smallest absolute Gasteiger partial charge is 0.357 e. The van der Waals surface area contributed by atoms with Crippen molar-refractivity contribution in [2.75, 3.05) is 20.7 Å². The SMILES string of the molecule is CCOC(=O)c1csc(CN(C(=O)N(C)C)C2CC2)n1. The van der Waals surface area contributed by atoms with Gasteiger partial charge in [-0.2, -0.15) is 0 Å². The first-order chi connectivity index (χ1) is 9.52. The molecule has 6 nitrogen and oxygen atoms in total. The van der Waals surface area contributed by atoms with E-state index in [2.05, 4.69) is 4.98 Å². The highest BCUT2D eigenvalue weighted by Gasteiger charge is 2.34. The van der Waals surface area contributed by atoms with Crippen LogP contribution in [-0.4, -0.2) is 53.5 Å². The van der Waals surface area contributed by atoms with Gasteiger partial charge in [0.15, 0.2) is 5.69 Å². The van der Waals surface area contributed by atoms with Crippen LogP contribution in [0.25, 0.3) is 0 Å². The number of carbonyl (C=O) groups excluding carboxylic acids is 2. The van der Waals surface area contributed by atoms with Crippen molar-refractivity contribution in [2.45, 2.75) is 32.4 Å². The van der Waals surface area contributed by atoms with Crippen LogP contribution in [0, 0.1) is 0 Å². The molecule has 0 atom stereocenters. The van der Waals surface area contributed by atoms with Crippen molar-refractivity contribution in [1.29, 1.82) is 0 Å². The van der Waals surface area contributed by atoms with Crippen molar-refractivity contribution < 1.29 is 14.3 Å². The number of aromatic nitrogens is 1. The average Bonchev–Trinajstić information content (AvgIpc) is 3.14. The maximum Gasteiger partial charge on any atom is 0.357 e. The van der Waals surface area contributed by atoms with Crippen molar-refractivity contribution in [1.82, 2.24) is 14.8 Å². The van der Waals surface area contributed by atoms with Crippen molar-refractivity contribution >= 4 is 23.3 Å². The molecule has 110 valence electrons. The maximum atomic E-state index is 12.1. The fourth-order valence-electron chi connectivity index (χ4n) is 1.82. The van der Waals surface area contributed by atoms with Crippen molar-refractivity contribution in [3.8, 4) is 0 Å². The number of esters is 1. The van der Waals surface area contributed by atoms with Crippen molar-refractivity contribution in [2.24, 2.45) is 0 Å². The molecule has 20 heavy (non-hydrogen) atoms. The van der Waals surface area contributed by atoms with Crippen LogP contribution < -0.4 is 0 Å². The molecule has 1 aromatic rings. The Balaban J connectivity index is 2.04. The molecule has 1 aliphatic carbocycles. The van der Waals surface area contributed by atoms with Gasteiger partial charge in [0.1, 0.15) is 5.01 Å². The summed E-state index contributed by atoms with van der Waals surface area (Å²) < 4.78 is 4.91. The zero-order chi connectivity index (χ0) is 14.7. The van der Waals surface area contributed by atoms with E-state index < -0.39 is 5.97 Å². The number of carbonyl (C=O) groups is 2. The van der Waals surface area contributed by atoms with Gasteiger partial charge < -0.3 is 14.5 Å². The maximum absolute atomic E-state index is 12.1. The van der Waals surface area contributed by atoms with E-state index in [4.69, 9.17) is 4.74 Å². The molecule has 0 bridgehead atoms. The number of hydrogen-bond acceptors (Lipinski definition) is 5. The molecular formula is C13H19N3O3S. The van der Waals surface area contributed by atoms with Gasteiger partial charge in [-0.15, -0.1) is 11.3 Å². The first-order valence-electron chi connectivity index (χ1n) is 6.62. The number of amides is 2. The molecule has 0 aromatic carbocycles. The Morgan fingerprint density at radius 1 is 1.45 bits per heavy atom. The molecule has 0 N–H and O–H groups in total. The summed E-state index contributed by atoms with van der Waals surface area (Å²) in [5.41, 5.74) is 0.319. The molecule has 0 radical (unpaired) electrons. The number of hydrogen-bond donors (Lipinski definition) is 0. The molecule has 1 saturated carbocycles. The van der Waals surface area contributed by atoms with E-state index in [9.17, 15) is 9.59 Å². The Bertz CT molecular complexity index is 497. The van der Waals surface area contributed by atoms with Crippen LogP contribution in [0.5, 0.6) is 0 Å². The summed E-state index contributed by atoms with van der Waals surface area (Å²) >= 11 is 1.38. The molecular weight excluding hydrogens is 278 g/mol. The Morgan fingerprint density at radius 2 is 2.15 bits per heavy atom.